The fourth-order valence-electron chi connectivity index (χ4n) is 0.698. The maximum absolute atomic E-state index is 11.0. The number of benzene rings is 1. The number of hydrogen-bond donors (Lipinski definition) is 0. The van der Waals surface area contributed by atoms with Crippen LogP contribution in [0, 0.1) is 0 Å². The Hall–Kier alpha value is -0.351. The second kappa shape index (κ2) is 4.62. The Bertz CT molecular complexity index is 323. The van der Waals surface area contributed by atoms with Crippen molar-refractivity contribution in [3.05, 3.63) is 35.1 Å². The third kappa shape index (κ3) is 2.60. The van der Waals surface area contributed by atoms with Crippen LogP contribution in [0.5, 0.6) is 0 Å². The van der Waals surface area contributed by atoms with Crippen molar-refractivity contribution in [1.29, 1.82) is 0 Å². The van der Waals surface area contributed by atoms with Gasteiger partial charge in [0.1, 0.15) is 10.0 Å². The zero-order chi connectivity index (χ0) is 8.32. The summed E-state index contributed by atoms with van der Waals surface area (Å²) in [6.07, 6.45) is 0. The molecule has 0 amide bonds. The molecule has 0 aliphatic heterocycles. The SMILES string of the molecule is C[N-]S(=O)(=O)c1ccccc1.[Cu+]. The van der Waals surface area contributed by atoms with Crippen molar-refractivity contribution in [1.82, 2.24) is 0 Å². The molecule has 1 rings (SSSR count). The number of hydrogen-bond acceptors (Lipinski definition) is 2. The van der Waals surface area contributed by atoms with Crippen molar-refractivity contribution in [2.24, 2.45) is 0 Å². The van der Waals surface area contributed by atoms with Gasteiger partial charge in [-0.1, -0.05) is 18.2 Å². The van der Waals surface area contributed by atoms with Crippen LogP contribution < -0.4 is 0 Å². The predicted octanol–water partition coefficient (Wildman–Crippen LogP) is 1.38. The van der Waals surface area contributed by atoms with Crippen molar-refractivity contribution in [3.63, 3.8) is 0 Å². The van der Waals surface area contributed by atoms with Gasteiger partial charge < -0.3 is 4.72 Å². The van der Waals surface area contributed by atoms with E-state index >= 15 is 0 Å². The summed E-state index contributed by atoms with van der Waals surface area (Å²) in [6, 6.07) is 8.12. The van der Waals surface area contributed by atoms with E-state index in [1.807, 2.05) is 0 Å². The zero-order valence-corrected chi connectivity index (χ0v) is 8.12. The van der Waals surface area contributed by atoms with E-state index in [2.05, 4.69) is 4.72 Å². The van der Waals surface area contributed by atoms with Gasteiger partial charge in [0.25, 0.3) is 0 Å². The molecule has 0 N–H and O–H groups in total. The van der Waals surface area contributed by atoms with Crippen LogP contribution >= 0.6 is 0 Å². The molecule has 3 nitrogen and oxygen atoms in total. The van der Waals surface area contributed by atoms with Gasteiger partial charge >= 0.3 is 17.1 Å². The topological polar surface area (TPSA) is 48.2 Å². The molecular formula is C7H8CuNO2S. The largest absolute Gasteiger partial charge is 1.00 e. The Kier molecular flexibility index (Phi) is 4.49. The third-order valence-electron chi connectivity index (χ3n) is 1.28. The molecule has 12 heavy (non-hydrogen) atoms. The van der Waals surface area contributed by atoms with Gasteiger partial charge in [-0.05, 0) is 12.1 Å². The zero-order valence-electron chi connectivity index (χ0n) is 6.36. The Morgan fingerprint density at radius 3 is 2.08 bits per heavy atom. The van der Waals surface area contributed by atoms with Gasteiger partial charge in [0.2, 0.25) is 0 Å². The summed E-state index contributed by atoms with van der Waals surface area (Å²) in [4.78, 5) is 0.238. The molecule has 1 aromatic rings. The second-order valence-corrected chi connectivity index (χ2v) is 3.76. The molecular weight excluding hydrogens is 226 g/mol. The van der Waals surface area contributed by atoms with Crippen LogP contribution in [0.25, 0.3) is 4.72 Å². The van der Waals surface area contributed by atoms with E-state index in [0.29, 0.717) is 0 Å². The molecule has 0 aliphatic rings. The normalized spacial score (nSPS) is 10.4. The Balaban J connectivity index is 0.00000121. The first-order chi connectivity index (χ1) is 5.17. The molecule has 0 aliphatic carbocycles. The minimum absolute atomic E-state index is 0. The van der Waals surface area contributed by atoms with E-state index in [-0.39, 0.29) is 22.0 Å². The maximum Gasteiger partial charge on any atom is 1.00 e. The van der Waals surface area contributed by atoms with Crippen molar-refractivity contribution < 1.29 is 25.5 Å². The maximum atomic E-state index is 11.0. The van der Waals surface area contributed by atoms with Gasteiger partial charge in [-0.2, -0.15) is 7.05 Å². The monoisotopic (exact) mass is 233 g/mol. The quantitative estimate of drug-likeness (QED) is 0.725. The van der Waals surface area contributed by atoms with Crippen molar-refractivity contribution in [2.75, 3.05) is 7.05 Å². The van der Waals surface area contributed by atoms with Crippen molar-refractivity contribution >= 4 is 10.0 Å². The number of rotatable bonds is 2. The van der Waals surface area contributed by atoms with Crippen molar-refractivity contribution in [2.45, 2.75) is 4.90 Å². The summed E-state index contributed by atoms with van der Waals surface area (Å²) in [5, 5.41) is 0. The van der Waals surface area contributed by atoms with Crippen LogP contribution in [0.4, 0.5) is 0 Å². The van der Waals surface area contributed by atoms with Crippen LogP contribution in [-0.4, -0.2) is 15.5 Å². The molecule has 70 valence electrons. The van der Waals surface area contributed by atoms with E-state index in [1.165, 1.54) is 19.2 Å². The predicted molar refractivity (Wildman–Crippen MR) is 42.9 cm³/mol. The van der Waals surface area contributed by atoms with E-state index in [4.69, 9.17) is 0 Å². The Morgan fingerprint density at radius 1 is 1.17 bits per heavy atom. The van der Waals surface area contributed by atoms with E-state index in [9.17, 15) is 8.42 Å². The number of nitrogens with zero attached hydrogens (tertiary/aromatic N) is 1. The van der Waals surface area contributed by atoms with E-state index < -0.39 is 10.0 Å². The fraction of sp³-hybridized carbons (Fsp3) is 0.143. The van der Waals surface area contributed by atoms with E-state index in [0.717, 1.165) is 0 Å². The van der Waals surface area contributed by atoms with Gasteiger partial charge in [0.05, 0.1) is 0 Å². The molecule has 0 saturated heterocycles. The minimum atomic E-state index is -3.37. The average Bonchev–Trinajstić information content (AvgIpc) is 2.06. The third-order valence-corrected chi connectivity index (χ3v) is 2.63. The van der Waals surface area contributed by atoms with Crippen LogP contribution in [0.3, 0.4) is 0 Å². The first-order valence-corrected chi connectivity index (χ1v) is 4.52. The molecule has 0 atom stereocenters. The van der Waals surface area contributed by atoms with Crippen LogP contribution in [-0.2, 0) is 27.1 Å². The molecule has 0 bridgehead atoms. The van der Waals surface area contributed by atoms with E-state index in [1.54, 1.807) is 18.2 Å². The second-order valence-electron chi connectivity index (χ2n) is 1.97. The van der Waals surface area contributed by atoms with Crippen LogP contribution in [0.1, 0.15) is 0 Å². The molecule has 0 saturated carbocycles. The van der Waals surface area contributed by atoms with Crippen LogP contribution in [0.15, 0.2) is 35.2 Å². The smallest absolute Gasteiger partial charge is 0.547 e. The minimum Gasteiger partial charge on any atom is -0.547 e. The summed E-state index contributed by atoms with van der Waals surface area (Å²) >= 11 is 0. The molecule has 0 radical (unpaired) electrons. The average molecular weight is 234 g/mol. The summed E-state index contributed by atoms with van der Waals surface area (Å²) < 4.78 is 25.3. The molecule has 0 fully saturated rings. The first-order valence-electron chi connectivity index (χ1n) is 3.08. The van der Waals surface area contributed by atoms with Gasteiger partial charge in [0.15, 0.2) is 0 Å². The van der Waals surface area contributed by atoms with Gasteiger partial charge in [-0.15, -0.1) is 0 Å². The Morgan fingerprint density at radius 2 is 1.67 bits per heavy atom. The Labute approximate surface area is 82.7 Å². The number of sulfonamides is 1. The van der Waals surface area contributed by atoms with Crippen LogP contribution in [0.2, 0.25) is 0 Å². The fourth-order valence-corrected chi connectivity index (χ4v) is 1.41. The standard InChI is InChI=1S/C7H8NO2S.Cu/c1-8-11(9,10)7-5-3-2-4-6-7;/h2-6H,1H3;/q-1;+1. The summed E-state index contributed by atoms with van der Waals surface area (Å²) in [5.41, 5.74) is 0. The summed E-state index contributed by atoms with van der Waals surface area (Å²) in [5.74, 6) is 0. The van der Waals surface area contributed by atoms with Gasteiger partial charge in [-0.25, -0.2) is 8.42 Å². The molecule has 5 heteroatoms. The molecule has 0 aromatic heterocycles. The molecule has 0 unspecified atom stereocenters. The molecule has 0 spiro atoms. The first kappa shape index (κ1) is 11.6. The summed E-state index contributed by atoms with van der Waals surface area (Å²) in [6.45, 7) is 0. The van der Waals surface area contributed by atoms with Gasteiger partial charge in [-0.3, -0.25) is 0 Å². The summed E-state index contributed by atoms with van der Waals surface area (Å²) in [7, 11) is -2.11. The molecule has 1 aromatic carbocycles. The van der Waals surface area contributed by atoms with Gasteiger partial charge in [0, 0.05) is 4.90 Å². The van der Waals surface area contributed by atoms with Crippen molar-refractivity contribution in [3.8, 4) is 0 Å². The molecule has 0 heterocycles.